The molecular formula is C29H26ClFN2O2. The number of para-hydroxylation sites is 2. The fourth-order valence-electron chi connectivity index (χ4n) is 5.30. The molecule has 0 spiro atoms. The minimum Gasteiger partial charge on any atom is -0.301 e. The molecule has 0 N–H and O–H groups in total. The Hall–Kier alpha value is -3.31. The van der Waals surface area contributed by atoms with Crippen LogP contribution in [-0.4, -0.2) is 17.4 Å². The van der Waals surface area contributed by atoms with Crippen molar-refractivity contribution in [3.63, 3.8) is 0 Å². The van der Waals surface area contributed by atoms with E-state index in [1.54, 1.807) is 47.4 Å². The molecule has 35 heavy (non-hydrogen) atoms. The highest BCUT2D eigenvalue weighted by molar-refractivity contribution is 6.30. The van der Waals surface area contributed by atoms with Crippen molar-refractivity contribution in [2.45, 2.75) is 39.2 Å². The van der Waals surface area contributed by atoms with Crippen molar-refractivity contribution in [3.8, 4) is 0 Å². The van der Waals surface area contributed by atoms with E-state index in [1.165, 1.54) is 6.07 Å². The lowest BCUT2D eigenvalue weighted by Gasteiger charge is -2.41. The third-order valence-corrected chi connectivity index (χ3v) is 7.03. The number of aliphatic imine (C=N–C) groups is 1. The van der Waals surface area contributed by atoms with Crippen LogP contribution in [0.2, 0.25) is 5.02 Å². The van der Waals surface area contributed by atoms with Gasteiger partial charge in [0.2, 0.25) is 5.91 Å². The number of ketones is 1. The van der Waals surface area contributed by atoms with Gasteiger partial charge in [0.15, 0.2) is 0 Å². The summed E-state index contributed by atoms with van der Waals surface area (Å²) in [6.45, 7) is 4.09. The first-order valence-corrected chi connectivity index (χ1v) is 12.1. The maximum atomic E-state index is 15.3. The van der Waals surface area contributed by atoms with E-state index in [4.69, 9.17) is 16.6 Å². The molecule has 4 nitrogen and oxygen atoms in total. The van der Waals surface area contributed by atoms with Crippen molar-refractivity contribution in [3.05, 3.63) is 94.8 Å². The molecule has 1 amide bonds. The van der Waals surface area contributed by atoms with E-state index in [1.807, 2.05) is 38.1 Å². The van der Waals surface area contributed by atoms with Crippen LogP contribution in [0.5, 0.6) is 0 Å². The highest BCUT2D eigenvalue weighted by atomic mass is 35.5. The Morgan fingerprint density at radius 3 is 2.46 bits per heavy atom. The maximum absolute atomic E-state index is 15.3. The summed E-state index contributed by atoms with van der Waals surface area (Å²) in [5.41, 5.74) is 2.73. The fourth-order valence-corrected chi connectivity index (χ4v) is 5.42. The van der Waals surface area contributed by atoms with Crippen molar-refractivity contribution in [2.75, 3.05) is 4.90 Å². The summed E-state index contributed by atoms with van der Waals surface area (Å²) in [5, 5.41) is 0.582. The number of nitrogens with zero attached hydrogens (tertiary/aromatic N) is 2. The molecule has 178 valence electrons. The van der Waals surface area contributed by atoms with E-state index in [-0.39, 0.29) is 23.5 Å². The zero-order valence-corrected chi connectivity index (χ0v) is 20.4. The predicted octanol–water partition coefficient (Wildman–Crippen LogP) is 6.89. The Bertz CT molecular complexity index is 1330. The molecule has 1 aliphatic carbocycles. The minimum absolute atomic E-state index is 0.0228. The number of hydrogen-bond acceptors (Lipinski definition) is 3. The molecule has 0 bridgehead atoms. The maximum Gasteiger partial charge on any atom is 0.232 e. The molecule has 1 heterocycles. The van der Waals surface area contributed by atoms with Crippen molar-refractivity contribution < 1.29 is 14.0 Å². The Morgan fingerprint density at radius 2 is 1.71 bits per heavy atom. The van der Waals surface area contributed by atoms with Crippen LogP contribution in [0.4, 0.5) is 15.8 Å². The van der Waals surface area contributed by atoms with E-state index in [2.05, 4.69) is 0 Å². The summed E-state index contributed by atoms with van der Waals surface area (Å²) < 4.78 is 15.3. The van der Waals surface area contributed by atoms with Gasteiger partial charge >= 0.3 is 0 Å². The van der Waals surface area contributed by atoms with Crippen LogP contribution in [0.1, 0.15) is 43.9 Å². The molecule has 3 aromatic carbocycles. The lowest BCUT2D eigenvalue weighted by molar-refractivity contribution is -0.125. The summed E-state index contributed by atoms with van der Waals surface area (Å²) >= 11 is 6.03. The summed E-state index contributed by atoms with van der Waals surface area (Å²) in [6, 6.07) is 20.0. The number of fused-ring (bicyclic) bond motifs is 2. The number of carbonyl (C=O) groups is 2. The Morgan fingerprint density at radius 1 is 1.03 bits per heavy atom. The number of amides is 1. The van der Waals surface area contributed by atoms with Crippen LogP contribution in [0, 0.1) is 17.2 Å². The number of hydrogen-bond donors (Lipinski definition) is 0. The molecule has 1 saturated carbocycles. The van der Waals surface area contributed by atoms with Gasteiger partial charge in [-0.25, -0.2) is 4.39 Å². The largest absolute Gasteiger partial charge is 0.301 e. The van der Waals surface area contributed by atoms with Gasteiger partial charge in [-0.2, -0.15) is 0 Å². The van der Waals surface area contributed by atoms with Crippen LogP contribution in [0.15, 0.2) is 77.8 Å². The molecule has 2 aliphatic rings. The topological polar surface area (TPSA) is 49.7 Å². The second-order valence-corrected chi connectivity index (χ2v) is 10.5. The predicted molar refractivity (Wildman–Crippen MR) is 137 cm³/mol. The van der Waals surface area contributed by atoms with Crippen LogP contribution < -0.4 is 4.90 Å². The molecule has 3 aromatic rings. The first-order valence-electron chi connectivity index (χ1n) is 11.7. The monoisotopic (exact) mass is 488 g/mol. The highest BCUT2D eigenvalue weighted by Crippen LogP contribution is 2.48. The summed E-state index contributed by atoms with van der Waals surface area (Å²) in [6.07, 6.45) is 1.03. The van der Waals surface area contributed by atoms with E-state index < -0.39 is 17.8 Å². The van der Waals surface area contributed by atoms with Gasteiger partial charge in [0.1, 0.15) is 11.6 Å². The lowest BCUT2D eigenvalue weighted by atomic mass is 9.68. The van der Waals surface area contributed by atoms with Crippen LogP contribution in [-0.2, 0) is 16.0 Å². The van der Waals surface area contributed by atoms with Crippen LogP contribution in [0.25, 0.3) is 0 Å². The molecule has 0 aromatic heterocycles. The first-order chi connectivity index (χ1) is 16.7. The standard InChI is InChI=1S/C29H26ClFN2O2/c1-29(2)16-23-27(25(34)17-29)28(20-7-3-4-8-21(20)31)33(24-10-6-5-9-22(24)32-23)26(35)15-18-11-13-19(30)14-12-18/h3-14,27-28H,15-17H2,1-2H3/t27-,28+/m0/s1. The van der Waals surface area contributed by atoms with E-state index in [0.29, 0.717) is 40.5 Å². The number of Topliss-reactive ketones (excluding diaryl/α,β-unsaturated/α-hetero) is 1. The summed E-state index contributed by atoms with van der Waals surface area (Å²) in [7, 11) is 0. The van der Waals surface area contributed by atoms with Gasteiger partial charge in [0.25, 0.3) is 0 Å². The molecule has 1 fully saturated rings. The average molecular weight is 489 g/mol. The average Bonchev–Trinajstić information content (AvgIpc) is 2.94. The van der Waals surface area contributed by atoms with Gasteiger partial charge in [0, 0.05) is 22.7 Å². The quantitative estimate of drug-likeness (QED) is 0.403. The molecule has 5 rings (SSSR count). The third kappa shape index (κ3) is 4.53. The van der Waals surface area contributed by atoms with Gasteiger partial charge in [-0.1, -0.05) is 67.9 Å². The Balaban J connectivity index is 1.70. The number of carbonyl (C=O) groups excluding carboxylic acids is 2. The second-order valence-electron chi connectivity index (χ2n) is 10.1. The van der Waals surface area contributed by atoms with E-state index >= 15 is 4.39 Å². The summed E-state index contributed by atoms with van der Waals surface area (Å²) in [5.74, 6) is -1.42. The van der Waals surface area contributed by atoms with E-state index in [9.17, 15) is 9.59 Å². The van der Waals surface area contributed by atoms with Gasteiger partial charge in [-0.3, -0.25) is 14.6 Å². The zero-order valence-electron chi connectivity index (χ0n) is 19.7. The Labute approximate surface area is 209 Å². The number of benzene rings is 3. The van der Waals surface area contributed by atoms with Crippen molar-refractivity contribution in [1.29, 1.82) is 0 Å². The lowest BCUT2D eigenvalue weighted by Crippen LogP contribution is -2.48. The highest BCUT2D eigenvalue weighted by Gasteiger charge is 2.48. The Kier molecular flexibility index (Phi) is 6.06. The third-order valence-electron chi connectivity index (χ3n) is 6.78. The molecule has 0 unspecified atom stereocenters. The molecule has 1 aliphatic heterocycles. The number of anilines is 1. The molecular weight excluding hydrogens is 463 g/mol. The smallest absolute Gasteiger partial charge is 0.232 e. The second kappa shape index (κ2) is 9.04. The number of rotatable bonds is 3. The molecule has 6 heteroatoms. The normalized spacial score (nSPS) is 21.0. The molecule has 0 radical (unpaired) electrons. The zero-order chi connectivity index (χ0) is 24.7. The van der Waals surface area contributed by atoms with Gasteiger partial charge in [0.05, 0.1) is 29.8 Å². The minimum atomic E-state index is -0.831. The first kappa shape index (κ1) is 23.4. The summed E-state index contributed by atoms with van der Waals surface area (Å²) in [4.78, 5) is 34.2. The number of halogens is 2. The van der Waals surface area contributed by atoms with E-state index in [0.717, 1.165) is 5.56 Å². The van der Waals surface area contributed by atoms with Gasteiger partial charge < -0.3 is 4.90 Å². The van der Waals surface area contributed by atoms with Crippen molar-refractivity contribution in [1.82, 2.24) is 0 Å². The SMILES string of the molecule is CC1(C)CC(=O)[C@@H]2C(=Nc3ccccc3N(C(=O)Cc3ccc(Cl)cc3)[C@@H]2c2ccccc2F)C1. The van der Waals surface area contributed by atoms with Crippen LogP contribution in [0.3, 0.4) is 0 Å². The van der Waals surface area contributed by atoms with Crippen molar-refractivity contribution in [2.24, 2.45) is 16.3 Å². The molecule has 0 saturated heterocycles. The molecule has 2 atom stereocenters. The van der Waals surface area contributed by atoms with Gasteiger partial charge in [-0.15, -0.1) is 0 Å². The van der Waals surface area contributed by atoms with Crippen LogP contribution >= 0.6 is 11.6 Å². The van der Waals surface area contributed by atoms with Crippen molar-refractivity contribution >= 4 is 40.4 Å². The fraction of sp³-hybridized carbons (Fsp3) is 0.276. The van der Waals surface area contributed by atoms with Gasteiger partial charge in [-0.05, 0) is 47.7 Å².